The summed E-state index contributed by atoms with van der Waals surface area (Å²) in [5, 5.41) is 11.6. The lowest BCUT2D eigenvalue weighted by Crippen LogP contribution is -2.43. The van der Waals surface area contributed by atoms with E-state index in [2.05, 4.69) is 67.7 Å². The van der Waals surface area contributed by atoms with Gasteiger partial charge in [0.1, 0.15) is 0 Å². The molecule has 1 aliphatic carbocycles. The van der Waals surface area contributed by atoms with E-state index in [1.54, 1.807) is 0 Å². The number of hydrogen-bond donors (Lipinski definition) is 2. The molecule has 0 saturated heterocycles. The second-order valence-corrected chi connectivity index (χ2v) is 8.03. The number of nitrogens with zero attached hydrogens (tertiary/aromatic N) is 3. The van der Waals surface area contributed by atoms with Crippen molar-refractivity contribution in [3.05, 3.63) is 52.3 Å². The van der Waals surface area contributed by atoms with Gasteiger partial charge in [-0.25, -0.2) is 0 Å². The van der Waals surface area contributed by atoms with Crippen LogP contribution in [-0.2, 0) is 19.9 Å². The molecule has 2 N–H and O–H groups in total. The molecule has 2 unspecified atom stereocenters. The largest absolute Gasteiger partial charge is 0.357 e. The number of aromatic nitrogens is 2. The van der Waals surface area contributed by atoms with E-state index in [1.165, 1.54) is 41.6 Å². The Bertz CT molecular complexity index is 827. The van der Waals surface area contributed by atoms with Crippen LogP contribution in [0.4, 0.5) is 0 Å². The zero-order valence-electron chi connectivity index (χ0n) is 18.5. The molecule has 1 aromatic heterocycles. The second-order valence-electron chi connectivity index (χ2n) is 8.03. The first kappa shape index (κ1) is 23.7. The van der Waals surface area contributed by atoms with Crippen molar-refractivity contribution >= 4 is 29.9 Å². The average Bonchev–Trinajstić information content (AvgIpc) is 2.92. The van der Waals surface area contributed by atoms with Crippen molar-refractivity contribution < 1.29 is 0 Å². The first-order valence-corrected chi connectivity index (χ1v) is 10.6. The molecule has 0 aliphatic heterocycles. The van der Waals surface area contributed by atoms with Crippen LogP contribution in [0.1, 0.15) is 60.7 Å². The number of aliphatic imine (C=N–C) groups is 1. The summed E-state index contributed by atoms with van der Waals surface area (Å²) in [6.07, 6.45) is 4.64. The summed E-state index contributed by atoms with van der Waals surface area (Å²) in [5.74, 6) is 1.44. The first-order valence-electron chi connectivity index (χ1n) is 10.6. The van der Waals surface area contributed by atoms with Gasteiger partial charge < -0.3 is 10.6 Å². The molecule has 160 valence electrons. The Morgan fingerprint density at radius 3 is 2.76 bits per heavy atom. The summed E-state index contributed by atoms with van der Waals surface area (Å²) in [5.41, 5.74) is 6.69. The maximum atomic E-state index is 4.94. The van der Waals surface area contributed by atoms with Gasteiger partial charge in [0.05, 0.1) is 5.69 Å². The van der Waals surface area contributed by atoms with E-state index < -0.39 is 0 Å². The van der Waals surface area contributed by atoms with Crippen LogP contribution < -0.4 is 10.6 Å². The average molecular weight is 509 g/mol. The van der Waals surface area contributed by atoms with Crippen molar-refractivity contribution in [1.82, 2.24) is 20.4 Å². The number of benzene rings is 1. The van der Waals surface area contributed by atoms with Crippen molar-refractivity contribution in [2.45, 2.75) is 65.3 Å². The van der Waals surface area contributed by atoms with E-state index in [1.807, 2.05) is 11.7 Å². The maximum absolute atomic E-state index is 4.94. The van der Waals surface area contributed by atoms with Gasteiger partial charge in [-0.2, -0.15) is 5.10 Å². The standard InChI is InChI=1S/C23H35N5.HI/c1-6-24-23(26-16(2)14-22-17(3)27-28(5)18(22)4)25-15-20-12-9-11-19-10-7-8-13-21(19)20;/h7-8,10,13,16,20H,6,9,11-12,14-15H2,1-5H3,(H2,24,25,26);1H. The van der Waals surface area contributed by atoms with Crippen LogP contribution in [0, 0.1) is 13.8 Å². The third-order valence-corrected chi connectivity index (χ3v) is 5.86. The van der Waals surface area contributed by atoms with Gasteiger partial charge in [-0.1, -0.05) is 24.3 Å². The Balaban J connectivity index is 0.00000300. The molecule has 0 radical (unpaired) electrons. The Kier molecular flexibility index (Phi) is 8.99. The van der Waals surface area contributed by atoms with Crippen LogP contribution in [-0.4, -0.2) is 34.9 Å². The van der Waals surface area contributed by atoms with Gasteiger partial charge in [0.15, 0.2) is 5.96 Å². The van der Waals surface area contributed by atoms with Crippen LogP contribution in [0.5, 0.6) is 0 Å². The molecular formula is C23H36IN5. The van der Waals surface area contributed by atoms with E-state index >= 15 is 0 Å². The Labute approximate surface area is 192 Å². The van der Waals surface area contributed by atoms with Gasteiger partial charge in [0.2, 0.25) is 0 Å². The van der Waals surface area contributed by atoms with Crippen LogP contribution in [0.15, 0.2) is 29.3 Å². The number of halogens is 1. The number of nitrogens with one attached hydrogen (secondary N) is 2. The smallest absolute Gasteiger partial charge is 0.191 e. The van der Waals surface area contributed by atoms with Gasteiger partial charge in [0.25, 0.3) is 0 Å². The lowest BCUT2D eigenvalue weighted by molar-refractivity contribution is 0.557. The van der Waals surface area contributed by atoms with Crippen molar-refractivity contribution in [2.24, 2.45) is 12.0 Å². The minimum Gasteiger partial charge on any atom is -0.357 e. The lowest BCUT2D eigenvalue weighted by Gasteiger charge is -2.25. The molecule has 3 rings (SSSR count). The molecule has 0 saturated carbocycles. The highest BCUT2D eigenvalue weighted by molar-refractivity contribution is 14.0. The molecule has 29 heavy (non-hydrogen) atoms. The molecule has 5 nitrogen and oxygen atoms in total. The third kappa shape index (κ3) is 5.96. The molecule has 1 heterocycles. The first-order chi connectivity index (χ1) is 13.5. The Morgan fingerprint density at radius 1 is 1.31 bits per heavy atom. The lowest BCUT2D eigenvalue weighted by atomic mass is 9.83. The molecule has 1 aliphatic rings. The van der Waals surface area contributed by atoms with E-state index in [-0.39, 0.29) is 30.0 Å². The van der Waals surface area contributed by atoms with Gasteiger partial charge in [0, 0.05) is 37.8 Å². The third-order valence-electron chi connectivity index (χ3n) is 5.86. The quantitative estimate of drug-likeness (QED) is 0.348. The SMILES string of the molecule is CCNC(=NCC1CCCc2ccccc21)NC(C)Cc1c(C)nn(C)c1C.I. The van der Waals surface area contributed by atoms with Crippen LogP contribution in [0.2, 0.25) is 0 Å². The predicted molar refractivity (Wildman–Crippen MR) is 132 cm³/mol. The number of rotatable bonds is 6. The topological polar surface area (TPSA) is 54.2 Å². The molecule has 6 heteroatoms. The zero-order chi connectivity index (χ0) is 20.1. The summed E-state index contributed by atoms with van der Waals surface area (Å²) < 4.78 is 1.97. The fourth-order valence-corrected chi connectivity index (χ4v) is 4.27. The van der Waals surface area contributed by atoms with Crippen LogP contribution in [0.3, 0.4) is 0 Å². The zero-order valence-corrected chi connectivity index (χ0v) is 20.8. The Hall–Kier alpha value is -1.57. The number of hydrogen-bond acceptors (Lipinski definition) is 2. The van der Waals surface area contributed by atoms with Crippen LogP contribution >= 0.6 is 24.0 Å². The number of guanidine groups is 1. The van der Waals surface area contributed by atoms with Gasteiger partial charge in [-0.3, -0.25) is 9.67 Å². The van der Waals surface area contributed by atoms with Crippen molar-refractivity contribution in [2.75, 3.05) is 13.1 Å². The molecule has 1 aromatic carbocycles. The highest BCUT2D eigenvalue weighted by Crippen LogP contribution is 2.31. The van der Waals surface area contributed by atoms with Crippen LogP contribution in [0.25, 0.3) is 0 Å². The minimum absolute atomic E-state index is 0. The van der Waals surface area contributed by atoms with Crippen molar-refractivity contribution in [3.8, 4) is 0 Å². The molecule has 0 spiro atoms. The van der Waals surface area contributed by atoms with E-state index in [4.69, 9.17) is 4.99 Å². The van der Waals surface area contributed by atoms with Gasteiger partial charge in [-0.15, -0.1) is 24.0 Å². The summed E-state index contributed by atoms with van der Waals surface area (Å²) in [6.45, 7) is 10.3. The molecule has 0 amide bonds. The summed E-state index contributed by atoms with van der Waals surface area (Å²) >= 11 is 0. The van der Waals surface area contributed by atoms with Gasteiger partial charge >= 0.3 is 0 Å². The number of fused-ring (bicyclic) bond motifs is 1. The summed E-state index contributed by atoms with van der Waals surface area (Å²) in [7, 11) is 2.01. The molecule has 0 fully saturated rings. The molecular weight excluding hydrogens is 473 g/mol. The molecule has 2 atom stereocenters. The van der Waals surface area contributed by atoms with Crippen molar-refractivity contribution in [3.63, 3.8) is 0 Å². The summed E-state index contributed by atoms with van der Waals surface area (Å²) in [4.78, 5) is 4.94. The fraction of sp³-hybridized carbons (Fsp3) is 0.565. The number of aryl methyl sites for hydroxylation is 3. The van der Waals surface area contributed by atoms with E-state index in [9.17, 15) is 0 Å². The monoisotopic (exact) mass is 509 g/mol. The maximum Gasteiger partial charge on any atom is 0.191 e. The normalized spacial score (nSPS) is 17.3. The highest BCUT2D eigenvalue weighted by Gasteiger charge is 2.20. The predicted octanol–water partition coefficient (Wildman–Crippen LogP) is 4.26. The summed E-state index contributed by atoms with van der Waals surface area (Å²) in [6, 6.07) is 9.16. The molecule has 2 aromatic rings. The highest BCUT2D eigenvalue weighted by atomic mass is 127. The van der Waals surface area contributed by atoms with E-state index in [0.29, 0.717) is 5.92 Å². The van der Waals surface area contributed by atoms with Gasteiger partial charge in [-0.05, 0) is 70.1 Å². The van der Waals surface area contributed by atoms with Crippen molar-refractivity contribution in [1.29, 1.82) is 0 Å². The Morgan fingerprint density at radius 2 is 2.07 bits per heavy atom. The minimum atomic E-state index is 0. The fourth-order valence-electron chi connectivity index (χ4n) is 4.27. The van der Waals surface area contributed by atoms with E-state index in [0.717, 1.165) is 31.2 Å². The second kappa shape index (κ2) is 11.0. The molecule has 0 bridgehead atoms.